The summed E-state index contributed by atoms with van der Waals surface area (Å²) in [5, 5.41) is 8.82. The van der Waals surface area contributed by atoms with E-state index in [1.54, 1.807) is 4.90 Å². The Labute approximate surface area is 245 Å². The molecular formula is C30H40N8O2S. The van der Waals surface area contributed by atoms with Gasteiger partial charge in [-0.25, -0.2) is 9.97 Å². The summed E-state index contributed by atoms with van der Waals surface area (Å²) in [6.07, 6.45) is 4.84. The number of nitrogens with zero attached hydrogens (tertiary/aromatic N) is 7. The zero-order chi connectivity index (χ0) is 29.1. The van der Waals surface area contributed by atoms with E-state index in [2.05, 4.69) is 45.2 Å². The van der Waals surface area contributed by atoms with E-state index >= 15 is 0 Å². The summed E-state index contributed by atoms with van der Waals surface area (Å²) in [7, 11) is 0. The molecule has 10 nitrogen and oxygen atoms in total. The van der Waals surface area contributed by atoms with Crippen molar-refractivity contribution in [2.75, 3.05) is 16.3 Å². The van der Waals surface area contributed by atoms with Gasteiger partial charge in [0.05, 0.1) is 23.8 Å². The predicted octanol–water partition coefficient (Wildman–Crippen LogP) is 4.89. The molecule has 0 spiro atoms. The average molecular weight is 577 g/mol. The van der Waals surface area contributed by atoms with Gasteiger partial charge in [-0.2, -0.15) is 0 Å². The highest BCUT2D eigenvalue weighted by Crippen LogP contribution is 2.38. The number of hydrogen-bond donors (Lipinski definition) is 1. The Morgan fingerprint density at radius 2 is 1.93 bits per heavy atom. The molecule has 1 N–H and O–H groups in total. The molecule has 6 heterocycles. The summed E-state index contributed by atoms with van der Waals surface area (Å²) < 4.78 is 18.2. The number of carbonyl (C=O) groups excluding carboxylic acids is 1. The van der Waals surface area contributed by atoms with Crippen LogP contribution in [0.15, 0.2) is 24.3 Å². The molecule has 4 atom stereocenters. The molecule has 0 bridgehead atoms. The predicted molar refractivity (Wildman–Crippen MR) is 161 cm³/mol. The van der Waals surface area contributed by atoms with E-state index in [4.69, 9.17) is 9.97 Å². The van der Waals surface area contributed by atoms with Gasteiger partial charge in [-0.1, -0.05) is 13.0 Å². The lowest BCUT2D eigenvalue weighted by molar-refractivity contribution is 0.0996. The van der Waals surface area contributed by atoms with Gasteiger partial charge in [0.2, 0.25) is 0 Å². The van der Waals surface area contributed by atoms with Crippen LogP contribution in [0.5, 0.6) is 0 Å². The van der Waals surface area contributed by atoms with Crippen LogP contribution < -0.4 is 14.5 Å². The monoisotopic (exact) mass is 576 g/mol. The van der Waals surface area contributed by atoms with Crippen LogP contribution in [0.25, 0.3) is 11.5 Å². The van der Waals surface area contributed by atoms with Crippen LogP contribution in [0.2, 0.25) is 0 Å². The number of pyridine rings is 2. The zero-order valence-electron chi connectivity index (χ0n) is 24.8. The van der Waals surface area contributed by atoms with Crippen LogP contribution in [-0.2, 0) is 24.3 Å². The molecule has 3 aliphatic rings. The molecule has 1 saturated heterocycles. The minimum absolute atomic E-state index is 0.0898. The normalized spacial score (nSPS) is 21.9. The SMILES string of the molecule is CCC(N[S@@+]([O-])C(C)(C)C)c1nc(N2CCC[C@H]2C)cc2c1CN(c1cccc(-c3nnc4n3[C@@H](C)CC4)n1)C2=O. The van der Waals surface area contributed by atoms with Crippen molar-refractivity contribution >= 4 is 28.9 Å². The topological polar surface area (TPSA) is 115 Å². The lowest BCUT2D eigenvalue weighted by Crippen LogP contribution is -2.41. The molecule has 3 aliphatic heterocycles. The number of carbonyl (C=O) groups is 1. The maximum absolute atomic E-state index is 14.1. The largest absolute Gasteiger partial charge is 0.598 e. The number of nitrogens with one attached hydrogen (secondary N) is 1. The van der Waals surface area contributed by atoms with E-state index in [1.165, 1.54) is 0 Å². The van der Waals surface area contributed by atoms with Crippen molar-refractivity contribution in [1.29, 1.82) is 0 Å². The lowest BCUT2D eigenvalue weighted by atomic mass is 10.0. The fourth-order valence-electron chi connectivity index (χ4n) is 6.14. The first-order valence-electron chi connectivity index (χ1n) is 14.8. The Hall–Kier alpha value is -3.02. The Bertz CT molecular complexity index is 1470. The summed E-state index contributed by atoms with van der Waals surface area (Å²) in [5.41, 5.74) is 3.03. The number of aryl methyl sites for hydroxylation is 1. The van der Waals surface area contributed by atoms with Crippen LogP contribution in [0.1, 0.15) is 107 Å². The Morgan fingerprint density at radius 3 is 2.63 bits per heavy atom. The summed E-state index contributed by atoms with van der Waals surface area (Å²) in [5.74, 6) is 3.02. The van der Waals surface area contributed by atoms with Crippen LogP contribution in [0.3, 0.4) is 0 Å². The van der Waals surface area contributed by atoms with Crippen molar-refractivity contribution in [3.63, 3.8) is 0 Å². The van der Waals surface area contributed by atoms with Gasteiger partial charge in [0.1, 0.15) is 27.9 Å². The minimum atomic E-state index is -1.29. The molecule has 3 aromatic rings. The van der Waals surface area contributed by atoms with Gasteiger partial charge in [0.15, 0.2) is 5.82 Å². The molecule has 0 radical (unpaired) electrons. The van der Waals surface area contributed by atoms with Crippen LogP contribution >= 0.6 is 0 Å². The molecule has 6 rings (SSSR count). The van der Waals surface area contributed by atoms with Gasteiger partial charge in [-0.05, 0) is 78.5 Å². The van der Waals surface area contributed by atoms with Gasteiger partial charge >= 0.3 is 0 Å². The molecule has 3 aromatic heterocycles. The number of aromatic nitrogens is 5. The maximum Gasteiger partial charge on any atom is 0.260 e. The second-order valence-corrected chi connectivity index (χ2v) is 14.5. The van der Waals surface area contributed by atoms with E-state index in [0.717, 1.165) is 61.0 Å². The summed E-state index contributed by atoms with van der Waals surface area (Å²) >= 11 is -1.29. The van der Waals surface area contributed by atoms with E-state index in [0.29, 0.717) is 42.1 Å². The highest BCUT2D eigenvalue weighted by molar-refractivity contribution is 7.90. The summed E-state index contributed by atoms with van der Waals surface area (Å²) in [6, 6.07) is 8.09. The number of rotatable bonds is 7. The third-order valence-corrected chi connectivity index (χ3v) is 10.2. The third kappa shape index (κ3) is 5.02. The van der Waals surface area contributed by atoms with Crippen molar-refractivity contribution in [2.24, 2.45) is 0 Å². The first kappa shape index (κ1) is 28.1. The van der Waals surface area contributed by atoms with Gasteiger partial charge < -0.3 is 14.0 Å². The van der Waals surface area contributed by atoms with Crippen molar-refractivity contribution in [3.05, 3.63) is 46.9 Å². The number of amides is 1. The first-order valence-corrected chi connectivity index (χ1v) is 15.9. The van der Waals surface area contributed by atoms with Gasteiger partial charge in [-0.3, -0.25) is 9.69 Å². The molecule has 218 valence electrons. The molecule has 0 aliphatic carbocycles. The number of fused-ring (bicyclic) bond motifs is 2. The van der Waals surface area contributed by atoms with Crippen LogP contribution in [-0.4, -0.2) is 52.5 Å². The highest BCUT2D eigenvalue weighted by atomic mass is 32.2. The summed E-state index contributed by atoms with van der Waals surface area (Å²) in [6.45, 7) is 13.6. The summed E-state index contributed by atoms with van der Waals surface area (Å²) in [4.78, 5) is 28.2. The van der Waals surface area contributed by atoms with Crippen molar-refractivity contribution in [1.82, 2.24) is 29.5 Å². The van der Waals surface area contributed by atoms with Gasteiger partial charge in [0, 0.05) is 42.0 Å². The van der Waals surface area contributed by atoms with Crippen molar-refractivity contribution in [3.8, 4) is 11.5 Å². The molecule has 1 unspecified atom stereocenters. The number of anilines is 2. The lowest BCUT2D eigenvalue weighted by Gasteiger charge is -2.29. The molecule has 1 fully saturated rings. The molecule has 11 heteroatoms. The average Bonchev–Trinajstić information content (AvgIpc) is 3.72. The molecule has 0 saturated carbocycles. The maximum atomic E-state index is 14.1. The van der Waals surface area contributed by atoms with Crippen LogP contribution in [0.4, 0.5) is 11.6 Å². The molecule has 41 heavy (non-hydrogen) atoms. The Balaban J connectivity index is 1.39. The van der Waals surface area contributed by atoms with Gasteiger partial charge in [-0.15, -0.1) is 14.9 Å². The third-order valence-electron chi connectivity index (χ3n) is 8.56. The fourth-order valence-corrected chi connectivity index (χ4v) is 7.03. The second-order valence-electron chi connectivity index (χ2n) is 12.5. The first-order chi connectivity index (χ1) is 19.6. The number of hydrogen-bond acceptors (Lipinski definition) is 8. The molecular weight excluding hydrogens is 536 g/mol. The van der Waals surface area contributed by atoms with Crippen molar-refractivity contribution < 1.29 is 9.35 Å². The fraction of sp³-hybridized carbons (Fsp3) is 0.567. The Kier molecular flexibility index (Phi) is 7.32. The van der Waals surface area contributed by atoms with E-state index in [-0.39, 0.29) is 11.9 Å². The molecule has 1 amide bonds. The molecule has 0 aromatic carbocycles. The van der Waals surface area contributed by atoms with Gasteiger partial charge in [0.25, 0.3) is 5.91 Å². The minimum Gasteiger partial charge on any atom is -0.598 e. The van der Waals surface area contributed by atoms with E-state index in [9.17, 15) is 9.35 Å². The van der Waals surface area contributed by atoms with Crippen LogP contribution in [0, 0.1) is 0 Å². The quantitative estimate of drug-likeness (QED) is 0.395. The standard InChI is InChI=1S/C30H40N8O2S/c1-7-22(35-41(40)30(4,5)6)27-21-17-37(29(39)20(21)16-26(32-27)36-15-9-10-18(36)2)24-12-8-11-23(31-24)28-34-33-25-14-13-19(3)38(25)28/h8,11-12,16,18-19,22,35H,7,9-10,13-15,17H2,1-6H3/t18-,19+,22?,41+/m1/s1. The van der Waals surface area contributed by atoms with E-state index in [1.807, 2.05) is 45.0 Å². The zero-order valence-corrected chi connectivity index (χ0v) is 25.7. The smallest absolute Gasteiger partial charge is 0.260 e. The highest BCUT2D eigenvalue weighted by Gasteiger charge is 2.38. The van der Waals surface area contributed by atoms with Crippen molar-refractivity contribution in [2.45, 2.75) is 103 Å². The van der Waals surface area contributed by atoms with E-state index < -0.39 is 16.1 Å². The second kappa shape index (κ2) is 10.7. The Morgan fingerprint density at radius 1 is 1.12 bits per heavy atom.